The number of fused-ring (bicyclic) bond motifs is 3. The monoisotopic (exact) mass is 716 g/mol. The van der Waals surface area contributed by atoms with Crippen molar-refractivity contribution in [1.82, 2.24) is 9.80 Å². The molecule has 11 heteroatoms. The standard InChI is InChI=1S/C39H44N2O7S2/c1-40-14-12-25-17-26(21-42)32-18-30(25)38(40,49)19-23-6-9-28(10-7-23)47-22-27-16-24(8-11-31(27)44-3)20-39(50)33-29(13-15-41(39)2)34(43)36(45-4)37(46-5)35(33)48-32/h6-11,16-18,42-43,49-50H,12-15,19-22H2,1-5H3. The Bertz CT molecular complexity index is 1940. The van der Waals surface area contributed by atoms with Crippen molar-refractivity contribution >= 4 is 25.3 Å². The predicted octanol–water partition coefficient (Wildman–Crippen LogP) is 6.22. The van der Waals surface area contributed by atoms with Gasteiger partial charge in [-0.15, -0.1) is 0 Å². The van der Waals surface area contributed by atoms with Crippen LogP contribution in [0.5, 0.6) is 40.2 Å². The van der Waals surface area contributed by atoms with E-state index in [2.05, 4.69) is 35.0 Å². The molecule has 0 aromatic heterocycles. The van der Waals surface area contributed by atoms with Crippen molar-refractivity contribution < 1.29 is 33.9 Å². The van der Waals surface area contributed by atoms with Gasteiger partial charge in [-0.3, -0.25) is 9.80 Å². The summed E-state index contributed by atoms with van der Waals surface area (Å²) in [6.07, 6.45) is 2.38. The predicted molar refractivity (Wildman–Crippen MR) is 199 cm³/mol. The third-order valence-corrected chi connectivity index (χ3v) is 12.1. The molecule has 0 aliphatic carbocycles. The van der Waals surface area contributed by atoms with E-state index >= 15 is 0 Å². The minimum Gasteiger partial charge on any atom is -0.504 e. The normalized spacial score (nSPS) is 21.9. The number of methoxy groups -OCH3 is 3. The molecule has 4 aromatic rings. The number of ether oxygens (including phenoxy) is 5. The molecule has 0 saturated carbocycles. The summed E-state index contributed by atoms with van der Waals surface area (Å²) >= 11 is 10.8. The molecule has 50 heavy (non-hydrogen) atoms. The van der Waals surface area contributed by atoms with E-state index in [1.54, 1.807) is 7.11 Å². The van der Waals surface area contributed by atoms with Gasteiger partial charge in [0.2, 0.25) is 11.5 Å². The Labute approximate surface area is 304 Å². The Morgan fingerprint density at radius 3 is 2.18 bits per heavy atom. The number of aromatic hydroxyl groups is 1. The fourth-order valence-corrected chi connectivity index (χ4v) is 8.73. The molecule has 4 aliphatic heterocycles. The third-order valence-electron chi connectivity index (χ3n) is 10.6. The van der Waals surface area contributed by atoms with Crippen molar-refractivity contribution in [3.8, 4) is 40.2 Å². The molecule has 6 bridgehead atoms. The molecule has 4 aromatic carbocycles. The van der Waals surface area contributed by atoms with Crippen LogP contribution in [0.2, 0.25) is 0 Å². The number of phenols is 1. The van der Waals surface area contributed by atoms with Crippen molar-refractivity contribution in [3.05, 3.63) is 99.1 Å². The van der Waals surface area contributed by atoms with Crippen LogP contribution < -0.4 is 23.7 Å². The Balaban J connectivity index is 1.51. The van der Waals surface area contributed by atoms with Gasteiger partial charge >= 0.3 is 0 Å². The summed E-state index contributed by atoms with van der Waals surface area (Å²) in [6.45, 7) is 1.49. The highest BCUT2D eigenvalue weighted by molar-refractivity contribution is 7.81. The molecule has 264 valence electrons. The first-order valence-corrected chi connectivity index (χ1v) is 17.6. The number of phenolic OH excluding ortho intramolecular Hbond substituents is 1. The molecule has 0 radical (unpaired) electrons. The average Bonchev–Trinajstić information content (AvgIpc) is 3.11. The number of aliphatic hydroxyl groups excluding tert-OH is 1. The topological polar surface area (TPSA) is 93.1 Å². The van der Waals surface area contributed by atoms with Crippen LogP contribution in [0, 0.1) is 0 Å². The molecule has 9 nitrogen and oxygen atoms in total. The minimum atomic E-state index is -0.966. The Morgan fingerprint density at radius 1 is 0.800 bits per heavy atom. The van der Waals surface area contributed by atoms with E-state index in [4.69, 9.17) is 48.9 Å². The van der Waals surface area contributed by atoms with Crippen molar-refractivity contribution in [2.75, 3.05) is 48.5 Å². The SMILES string of the molecule is COc1ccc2cc1COc1ccc(cc1)CC1(S)c3cc(c(CO)cc3CCN1C)Oc1c(OC)c(OC)c(O)c3c1C(S)(C2)N(C)CC3. The van der Waals surface area contributed by atoms with Gasteiger partial charge in [0.25, 0.3) is 0 Å². The average molecular weight is 717 g/mol. The van der Waals surface area contributed by atoms with Crippen molar-refractivity contribution in [2.45, 2.75) is 48.6 Å². The summed E-state index contributed by atoms with van der Waals surface area (Å²) in [5, 5.41) is 22.4. The summed E-state index contributed by atoms with van der Waals surface area (Å²) in [5.74, 6) is 2.72. The van der Waals surface area contributed by atoms with Crippen LogP contribution in [0.15, 0.2) is 54.6 Å². The Kier molecular flexibility index (Phi) is 9.32. The molecule has 4 aliphatic rings. The molecular formula is C39H44N2O7S2. The van der Waals surface area contributed by atoms with E-state index in [9.17, 15) is 10.2 Å². The van der Waals surface area contributed by atoms with Crippen LogP contribution >= 0.6 is 25.3 Å². The van der Waals surface area contributed by atoms with E-state index in [1.165, 1.54) is 14.2 Å². The number of likely N-dealkylation sites (N-methyl/N-ethyl adjacent to an activating group) is 2. The van der Waals surface area contributed by atoms with Crippen molar-refractivity contribution in [1.29, 1.82) is 0 Å². The first-order chi connectivity index (χ1) is 24.0. The van der Waals surface area contributed by atoms with Gasteiger partial charge in [-0.2, -0.15) is 25.3 Å². The van der Waals surface area contributed by atoms with Gasteiger partial charge in [-0.05, 0) is 85.6 Å². The van der Waals surface area contributed by atoms with E-state index in [0.29, 0.717) is 60.6 Å². The molecule has 0 saturated heterocycles. The number of rotatable bonds is 4. The molecule has 0 fully saturated rings. The Morgan fingerprint density at radius 2 is 1.48 bits per heavy atom. The number of aliphatic hydroxyl groups is 1. The van der Waals surface area contributed by atoms with Crippen LogP contribution in [0.1, 0.15) is 44.5 Å². The second kappa shape index (κ2) is 13.4. The van der Waals surface area contributed by atoms with Gasteiger partial charge in [0.15, 0.2) is 11.5 Å². The third kappa shape index (κ3) is 5.73. The maximum Gasteiger partial charge on any atom is 0.208 e. The minimum absolute atomic E-state index is 0.00576. The van der Waals surface area contributed by atoms with Gasteiger partial charge in [0, 0.05) is 48.2 Å². The van der Waals surface area contributed by atoms with E-state index in [-0.39, 0.29) is 23.9 Å². The second-order valence-electron chi connectivity index (χ2n) is 13.4. The molecule has 4 heterocycles. The van der Waals surface area contributed by atoms with Gasteiger partial charge in [-0.1, -0.05) is 18.2 Å². The van der Waals surface area contributed by atoms with Gasteiger partial charge < -0.3 is 33.9 Å². The zero-order valence-corrected chi connectivity index (χ0v) is 30.9. The van der Waals surface area contributed by atoms with Gasteiger partial charge in [-0.25, -0.2) is 0 Å². The summed E-state index contributed by atoms with van der Waals surface area (Å²) < 4.78 is 30.8. The number of benzene rings is 4. The highest BCUT2D eigenvalue weighted by atomic mass is 32.1. The second-order valence-corrected chi connectivity index (χ2v) is 14.9. The molecule has 8 rings (SSSR count). The zero-order valence-electron chi connectivity index (χ0n) is 29.1. The van der Waals surface area contributed by atoms with Crippen LogP contribution in [0.4, 0.5) is 0 Å². The quantitative estimate of drug-likeness (QED) is 0.184. The zero-order chi connectivity index (χ0) is 35.4. The fourth-order valence-electron chi connectivity index (χ4n) is 7.72. The summed E-state index contributed by atoms with van der Waals surface area (Å²) in [7, 11) is 8.78. The van der Waals surface area contributed by atoms with Crippen molar-refractivity contribution in [3.63, 3.8) is 0 Å². The van der Waals surface area contributed by atoms with E-state index in [0.717, 1.165) is 52.3 Å². The van der Waals surface area contributed by atoms with Gasteiger partial charge in [0.1, 0.15) is 23.9 Å². The molecule has 0 amide bonds. The van der Waals surface area contributed by atoms with E-state index in [1.807, 2.05) is 43.4 Å². The largest absolute Gasteiger partial charge is 0.504 e. The number of hydrogen-bond donors (Lipinski definition) is 4. The fraction of sp³-hybridized carbons (Fsp3) is 0.385. The summed E-state index contributed by atoms with van der Waals surface area (Å²) in [4.78, 5) is 2.77. The maximum atomic E-state index is 11.7. The highest BCUT2D eigenvalue weighted by Gasteiger charge is 2.45. The lowest BCUT2D eigenvalue weighted by atomic mass is 9.85. The molecule has 2 unspecified atom stereocenters. The lowest BCUT2D eigenvalue weighted by molar-refractivity contribution is 0.187. The van der Waals surface area contributed by atoms with Crippen LogP contribution in [-0.4, -0.2) is 68.5 Å². The lowest BCUT2D eigenvalue weighted by Gasteiger charge is -2.45. The van der Waals surface area contributed by atoms with Crippen LogP contribution in [-0.2, 0) is 48.6 Å². The maximum absolute atomic E-state index is 11.7. The van der Waals surface area contributed by atoms with Crippen molar-refractivity contribution in [2.24, 2.45) is 0 Å². The molecular weight excluding hydrogens is 673 g/mol. The van der Waals surface area contributed by atoms with Crippen LogP contribution in [0.25, 0.3) is 0 Å². The van der Waals surface area contributed by atoms with Crippen LogP contribution in [0.3, 0.4) is 0 Å². The first-order valence-electron chi connectivity index (χ1n) is 16.7. The molecule has 2 N–H and O–H groups in total. The summed E-state index contributed by atoms with van der Waals surface area (Å²) in [5.41, 5.74) is 7.05. The first kappa shape index (κ1) is 34.7. The number of nitrogens with zero attached hydrogens (tertiary/aromatic N) is 2. The van der Waals surface area contributed by atoms with E-state index < -0.39 is 9.74 Å². The summed E-state index contributed by atoms with van der Waals surface area (Å²) in [6, 6.07) is 18.2. The smallest absolute Gasteiger partial charge is 0.208 e. The number of hydrogen-bond acceptors (Lipinski definition) is 11. The highest BCUT2D eigenvalue weighted by Crippen LogP contribution is 2.58. The Hall–Kier alpha value is -3.74. The van der Waals surface area contributed by atoms with Gasteiger partial charge in [0.05, 0.1) is 37.7 Å². The molecule has 2 atom stereocenters. The molecule has 0 spiro atoms. The lowest BCUT2D eigenvalue weighted by Crippen LogP contribution is -2.46. The number of thiol groups is 2.